The zero-order valence-electron chi connectivity index (χ0n) is 10.4. The highest BCUT2D eigenvalue weighted by Gasteiger charge is 2.12. The fourth-order valence-electron chi connectivity index (χ4n) is 1.64. The van der Waals surface area contributed by atoms with Crippen LogP contribution >= 0.6 is 15.9 Å². The fraction of sp³-hybridized carbons (Fsp3) is 0.0714. The van der Waals surface area contributed by atoms with Crippen LogP contribution in [0.15, 0.2) is 34.8 Å². The van der Waals surface area contributed by atoms with E-state index in [9.17, 15) is 8.78 Å². The Hall–Kier alpha value is -2.13. The SMILES string of the molecule is COc1cc(Nc2c(F)cc(C#N)cc2F)ccc1Br. The monoisotopic (exact) mass is 338 g/mol. The van der Waals surface area contributed by atoms with Gasteiger partial charge in [0.05, 0.1) is 23.2 Å². The number of nitriles is 1. The number of methoxy groups -OCH3 is 1. The second kappa shape index (κ2) is 5.88. The highest BCUT2D eigenvalue weighted by Crippen LogP contribution is 2.31. The standard InChI is InChI=1S/C14H9BrF2N2O/c1-20-13-6-9(2-3-10(13)15)19-14-11(16)4-8(7-18)5-12(14)17/h2-6,19H,1H3. The van der Waals surface area contributed by atoms with E-state index in [1.807, 2.05) is 0 Å². The number of nitrogens with one attached hydrogen (secondary N) is 1. The lowest BCUT2D eigenvalue weighted by Gasteiger charge is -2.11. The van der Waals surface area contributed by atoms with E-state index in [0.717, 1.165) is 16.6 Å². The first-order chi connectivity index (χ1) is 9.55. The van der Waals surface area contributed by atoms with Crippen molar-refractivity contribution in [1.29, 1.82) is 5.26 Å². The number of rotatable bonds is 3. The molecule has 0 aromatic heterocycles. The second-order valence-electron chi connectivity index (χ2n) is 3.90. The van der Waals surface area contributed by atoms with Gasteiger partial charge < -0.3 is 10.1 Å². The molecule has 0 fully saturated rings. The van der Waals surface area contributed by atoms with Gasteiger partial charge in [-0.2, -0.15) is 5.26 Å². The van der Waals surface area contributed by atoms with Crippen LogP contribution in [0.4, 0.5) is 20.2 Å². The maximum absolute atomic E-state index is 13.8. The molecule has 0 radical (unpaired) electrons. The lowest BCUT2D eigenvalue weighted by atomic mass is 10.2. The van der Waals surface area contributed by atoms with Crippen LogP contribution in [0.3, 0.4) is 0 Å². The largest absolute Gasteiger partial charge is 0.495 e. The van der Waals surface area contributed by atoms with Crippen molar-refractivity contribution in [3.05, 3.63) is 52.0 Å². The summed E-state index contributed by atoms with van der Waals surface area (Å²) in [5.74, 6) is -1.13. The average Bonchev–Trinajstić information content (AvgIpc) is 2.44. The molecule has 0 spiro atoms. The van der Waals surface area contributed by atoms with Crippen molar-refractivity contribution in [2.75, 3.05) is 12.4 Å². The van der Waals surface area contributed by atoms with E-state index in [1.165, 1.54) is 7.11 Å². The summed E-state index contributed by atoms with van der Waals surface area (Å²) in [7, 11) is 1.49. The van der Waals surface area contributed by atoms with E-state index >= 15 is 0 Å². The molecule has 2 aromatic carbocycles. The molecular weight excluding hydrogens is 330 g/mol. The van der Waals surface area contributed by atoms with Gasteiger partial charge in [-0.25, -0.2) is 8.78 Å². The summed E-state index contributed by atoms with van der Waals surface area (Å²) in [6, 6.07) is 8.57. The van der Waals surface area contributed by atoms with Crippen LogP contribution in [0.1, 0.15) is 5.56 Å². The van der Waals surface area contributed by atoms with Crippen molar-refractivity contribution in [3.8, 4) is 11.8 Å². The molecule has 0 unspecified atom stereocenters. The van der Waals surface area contributed by atoms with E-state index in [-0.39, 0.29) is 11.3 Å². The Morgan fingerprint density at radius 2 is 1.85 bits per heavy atom. The topological polar surface area (TPSA) is 45.0 Å². The van der Waals surface area contributed by atoms with E-state index in [1.54, 1.807) is 24.3 Å². The van der Waals surface area contributed by atoms with Crippen LogP contribution in [-0.4, -0.2) is 7.11 Å². The van der Waals surface area contributed by atoms with E-state index in [4.69, 9.17) is 10.00 Å². The molecule has 3 nitrogen and oxygen atoms in total. The van der Waals surface area contributed by atoms with Crippen LogP contribution in [0.5, 0.6) is 5.75 Å². The Morgan fingerprint density at radius 3 is 2.40 bits per heavy atom. The Morgan fingerprint density at radius 1 is 1.20 bits per heavy atom. The van der Waals surface area contributed by atoms with E-state index < -0.39 is 11.6 Å². The maximum Gasteiger partial charge on any atom is 0.150 e. The molecule has 6 heteroatoms. The predicted octanol–water partition coefficient (Wildman–Crippen LogP) is 4.35. The number of nitrogens with zero attached hydrogens (tertiary/aromatic N) is 1. The molecule has 0 aliphatic heterocycles. The number of benzene rings is 2. The van der Waals surface area contributed by atoms with Gasteiger partial charge in [-0.3, -0.25) is 0 Å². The minimum absolute atomic E-state index is 0.0704. The van der Waals surface area contributed by atoms with Gasteiger partial charge in [0.1, 0.15) is 11.4 Å². The van der Waals surface area contributed by atoms with Crippen molar-refractivity contribution >= 4 is 27.3 Å². The summed E-state index contributed by atoms with van der Waals surface area (Å²) >= 11 is 3.29. The first-order valence-electron chi connectivity index (χ1n) is 5.55. The summed E-state index contributed by atoms with van der Waals surface area (Å²) < 4.78 is 33.3. The summed E-state index contributed by atoms with van der Waals surface area (Å²) in [6.07, 6.45) is 0. The minimum atomic E-state index is -0.830. The first-order valence-corrected chi connectivity index (χ1v) is 6.34. The predicted molar refractivity (Wildman–Crippen MR) is 75.0 cm³/mol. The van der Waals surface area contributed by atoms with Crippen molar-refractivity contribution in [3.63, 3.8) is 0 Å². The molecule has 0 aliphatic carbocycles. The number of ether oxygens (including phenoxy) is 1. The number of hydrogen-bond acceptors (Lipinski definition) is 3. The molecular formula is C14H9BrF2N2O. The molecule has 2 rings (SSSR count). The zero-order chi connectivity index (χ0) is 14.7. The summed E-state index contributed by atoms with van der Waals surface area (Å²) in [5, 5.41) is 11.3. The lowest BCUT2D eigenvalue weighted by Crippen LogP contribution is -1.99. The Kier molecular flexibility index (Phi) is 4.20. The highest BCUT2D eigenvalue weighted by atomic mass is 79.9. The van der Waals surface area contributed by atoms with Crippen molar-refractivity contribution in [2.45, 2.75) is 0 Å². The van der Waals surface area contributed by atoms with Gasteiger partial charge in [0.2, 0.25) is 0 Å². The Balaban J connectivity index is 2.38. The molecule has 0 amide bonds. The summed E-state index contributed by atoms with van der Waals surface area (Å²) in [6.45, 7) is 0. The van der Waals surface area contributed by atoms with Gasteiger partial charge in [0.15, 0.2) is 11.6 Å². The van der Waals surface area contributed by atoms with Gasteiger partial charge in [0.25, 0.3) is 0 Å². The molecule has 0 aliphatic rings. The highest BCUT2D eigenvalue weighted by molar-refractivity contribution is 9.10. The van der Waals surface area contributed by atoms with Crippen molar-refractivity contribution < 1.29 is 13.5 Å². The molecule has 1 N–H and O–H groups in total. The fourth-order valence-corrected chi connectivity index (χ4v) is 2.05. The molecule has 2 aromatic rings. The third kappa shape index (κ3) is 2.89. The van der Waals surface area contributed by atoms with Gasteiger partial charge in [-0.05, 0) is 40.2 Å². The summed E-state index contributed by atoms with van der Waals surface area (Å²) in [4.78, 5) is 0. The van der Waals surface area contributed by atoms with Crippen molar-refractivity contribution in [2.24, 2.45) is 0 Å². The lowest BCUT2D eigenvalue weighted by molar-refractivity contribution is 0.412. The molecule has 0 bridgehead atoms. The van der Waals surface area contributed by atoms with Gasteiger partial charge in [-0.1, -0.05) is 0 Å². The maximum atomic E-state index is 13.8. The Bertz CT molecular complexity index is 675. The average molecular weight is 339 g/mol. The zero-order valence-corrected chi connectivity index (χ0v) is 12.0. The molecule has 0 saturated carbocycles. The summed E-state index contributed by atoms with van der Waals surface area (Å²) in [5.41, 5.74) is 0.0832. The molecule has 0 heterocycles. The second-order valence-corrected chi connectivity index (χ2v) is 4.76. The normalized spacial score (nSPS) is 9.95. The van der Waals surface area contributed by atoms with Crippen LogP contribution < -0.4 is 10.1 Å². The molecule has 20 heavy (non-hydrogen) atoms. The van der Waals surface area contributed by atoms with Crippen LogP contribution in [0, 0.1) is 23.0 Å². The Labute approximate surface area is 122 Å². The smallest absolute Gasteiger partial charge is 0.150 e. The van der Waals surface area contributed by atoms with Crippen LogP contribution in [-0.2, 0) is 0 Å². The third-order valence-electron chi connectivity index (χ3n) is 2.59. The molecule has 102 valence electrons. The van der Waals surface area contributed by atoms with Crippen molar-refractivity contribution in [1.82, 2.24) is 0 Å². The number of halogens is 3. The minimum Gasteiger partial charge on any atom is -0.495 e. The van der Waals surface area contributed by atoms with Gasteiger partial charge in [-0.15, -0.1) is 0 Å². The van der Waals surface area contributed by atoms with Crippen LogP contribution in [0.25, 0.3) is 0 Å². The van der Waals surface area contributed by atoms with Gasteiger partial charge in [0, 0.05) is 11.8 Å². The molecule has 0 atom stereocenters. The molecule has 0 saturated heterocycles. The first kappa shape index (κ1) is 14.3. The van der Waals surface area contributed by atoms with Gasteiger partial charge >= 0.3 is 0 Å². The van der Waals surface area contributed by atoms with E-state index in [2.05, 4.69) is 21.2 Å². The number of hydrogen-bond donors (Lipinski definition) is 1. The number of anilines is 2. The van der Waals surface area contributed by atoms with E-state index in [0.29, 0.717) is 11.4 Å². The van der Waals surface area contributed by atoms with Crippen LogP contribution in [0.2, 0.25) is 0 Å². The third-order valence-corrected chi connectivity index (χ3v) is 3.25. The quantitative estimate of drug-likeness (QED) is 0.904.